The summed E-state index contributed by atoms with van der Waals surface area (Å²) < 4.78 is 10.4. The minimum Gasteiger partial charge on any atom is -0.466 e. The summed E-state index contributed by atoms with van der Waals surface area (Å²) in [5.74, 6) is -1.47. The van der Waals surface area contributed by atoms with Crippen molar-refractivity contribution in [2.75, 3.05) is 13.2 Å². The van der Waals surface area contributed by atoms with E-state index >= 15 is 0 Å². The highest BCUT2D eigenvalue weighted by Gasteiger charge is 2.39. The van der Waals surface area contributed by atoms with Gasteiger partial charge in [-0.3, -0.25) is 14.4 Å². The maximum atomic E-state index is 14.1. The summed E-state index contributed by atoms with van der Waals surface area (Å²) in [5, 5.41) is 5.55. The molecule has 3 atom stereocenters. The van der Waals surface area contributed by atoms with E-state index in [1.807, 2.05) is 59.7 Å². The Morgan fingerprint density at radius 2 is 1.55 bits per heavy atom. The van der Waals surface area contributed by atoms with Crippen molar-refractivity contribution in [2.45, 2.75) is 106 Å². The topological polar surface area (TPSA) is 114 Å². The van der Waals surface area contributed by atoms with Crippen molar-refractivity contribution in [1.29, 1.82) is 0 Å². The smallest absolute Gasteiger partial charge is 0.408 e. The zero-order chi connectivity index (χ0) is 29.2. The van der Waals surface area contributed by atoms with Gasteiger partial charge in [0.1, 0.15) is 17.7 Å². The Kier molecular flexibility index (Phi) is 12.8. The standard InChI is InChI=1S/C29H47N3O6/c1-11-21(7)32(27(35)24(18(3)4)31-28(36)38-29(8,9)10)25(22-16-19(5)15-20(6)17-22)26(34)30-14-13-23(33)37-12-2/h15-18,21,24-25H,11-14H2,1-10H3,(H,30,34)(H,31,36). The van der Waals surface area contributed by atoms with Gasteiger partial charge in [-0.2, -0.15) is 0 Å². The van der Waals surface area contributed by atoms with Crippen LogP contribution in [-0.2, 0) is 23.9 Å². The van der Waals surface area contributed by atoms with E-state index in [4.69, 9.17) is 9.47 Å². The lowest BCUT2D eigenvalue weighted by atomic mass is 9.95. The second kappa shape index (κ2) is 14.7. The quantitative estimate of drug-likeness (QED) is 0.380. The molecule has 38 heavy (non-hydrogen) atoms. The van der Waals surface area contributed by atoms with E-state index in [0.29, 0.717) is 12.0 Å². The maximum Gasteiger partial charge on any atom is 0.408 e. The van der Waals surface area contributed by atoms with Gasteiger partial charge in [0.15, 0.2) is 0 Å². The fourth-order valence-electron chi connectivity index (χ4n) is 4.13. The molecule has 0 spiro atoms. The van der Waals surface area contributed by atoms with Gasteiger partial charge in [-0.1, -0.05) is 50.1 Å². The first kappa shape index (κ1) is 32.9. The second-order valence-corrected chi connectivity index (χ2v) is 11.0. The van der Waals surface area contributed by atoms with Crippen LogP contribution in [0.3, 0.4) is 0 Å². The van der Waals surface area contributed by atoms with Crippen molar-refractivity contribution in [3.63, 3.8) is 0 Å². The van der Waals surface area contributed by atoms with E-state index in [2.05, 4.69) is 10.6 Å². The van der Waals surface area contributed by atoms with Crippen molar-refractivity contribution in [2.24, 2.45) is 5.92 Å². The molecule has 0 aliphatic heterocycles. The zero-order valence-electron chi connectivity index (χ0n) is 24.8. The normalized spacial score (nSPS) is 13.8. The Hall–Kier alpha value is -3.10. The third kappa shape index (κ3) is 10.3. The average molecular weight is 534 g/mol. The van der Waals surface area contributed by atoms with Crippen molar-refractivity contribution >= 4 is 23.9 Å². The molecular weight excluding hydrogens is 486 g/mol. The van der Waals surface area contributed by atoms with Crippen molar-refractivity contribution in [3.05, 3.63) is 34.9 Å². The van der Waals surface area contributed by atoms with Gasteiger partial charge in [-0.15, -0.1) is 0 Å². The van der Waals surface area contributed by atoms with Crippen LogP contribution in [0.5, 0.6) is 0 Å². The molecule has 0 aliphatic carbocycles. The molecule has 1 aromatic carbocycles. The molecule has 2 N–H and O–H groups in total. The summed E-state index contributed by atoms with van der Waals surface area (Å²) >= 11 is 0. The highest BCUT2D eigenvalue weighted by molar-refractivity contribution is 5.92. The third-order valence-electron chi connectivity index (χ3n) is 5.95. The molecule has 0 radical (unpaired) electrons. The molecule has 3 amide bonds. The summed E-state index contributed by atoms with van der Waals surface area (Å²) in [6, 6.07) is 3.55. The van der Waals surface area contributed by atoms with Gasteiger partial charge in [-0.25, -0.2) is 4.79 Å². The van der Waals surface area contributed by atoms with Gasteiger partial charge in [0.2, 0.25) is 11.8 Å². The average Bonchev–Trinajstić information content (AvgIpc) is 2.78. The molecule has 9 nitrogen and oxygen atoms in total. The number of amides is 3. The van der Waals surface area contributed by atoms with Gasteiger partial charge in [0.05, 0.1) is 13.0 Å². The first-order valence-electron chi connectivity index (χ1n) is 13.4. The van der Waals surface area contributed by atoms with Crippen LogP contribution in [0, 0.1) is 19.8 Å². The number of rotatable bonds is 12. The molecule has 0 aromatic heterocycles. The second-order valence-electron chi connectivity index (χ2n) is 11.0. The Bertz CT molecular complexity index is 949. The Morgan fingerprint density at radius 1 is 0.974 bits per heavy atom. The van der Waals surface area contributed by atoms with Crippen LogP contribution in [0.15, 0.2) is 18.2 Å². The van der Waals surface area contributed by atoms with E-state index in [0.717, 1.165) is 11.1 Å². The molecule has 0 fully saturated rings. The van der Waals surface area contributed by atoms with Gasteiger partial charge in [0, 0.05) is 12.6 Å². The number of esters is 1. The predicted molar refractivity (Wildman–Crippen MR) is 148 cm³/mol. The predicted octanol–water partition coefficient (Wildman–Crippen LogP) is 4.59. The Morgan fingerprint density at radius 3 is 2.03 bits per heavy atom. The fourth-order valence-corrected chi connectivity index (χ4v) is 4.13. The molecule has 214 valence electrons. The number of aryl methyl sites for hydroxylation is 2. The molecule has 1 aromatic rings. The van der Waals surface area contributed by atoms with Crippen LogP contribution in [0.1, 0.15) is 91.0 Å². The monoisotopic (exact) mass is 533 g/mol. The molecule has 9 heteroatoms. The van der Waals surface area contributed by atoms with Crippen LogP contribution < -0.4 is 10.6 Å². The molecule has 1 rings (SSSR count). The number of alkyl carbamates (subject to hydrolysis) is 1. The van der Waals surface area contributed by atoms with Gasteiger partial charge in [0.25, 0.3) is 0 Å². The summed E-state index contributed by atoms with van der Waals surface area (Å²) in [7, 11) is 0. The molecule has 0 aliphatic rings. The lowest BCUT2D eigenvalue weighted by Crippen LogP contribution is -2.57. The first-order chi connectivity index (χ1) is 17.6. The molecule has 3 unspecified atom stereocenters. The minimum atomic E-state index is -0.972. The van der Waals surface area contributed by atoms with Crippen LogP contribution >= 0.6 is 0 Å². The third-order valence-corrected chi connectivity index (χ3v) is 5.95. The minimum absolute atomic E-state index is 0.0191. The zero-order valence-corrected chi connectivity index (χ0v) is 24.8. The lowest BCUT2D eigenvalue weighted by Gasteiger charge is -2.39. The van der Waals surface area contributed by atoms with Crippen LogP contribution in [0.2, 0.25) is 0 Å². The number of benzene rings is 1. The number of hydrogen-bond donors (Lipinski definition) is 2. The van der Waals surface area contributed by atoms with Gasteiger partial charge >= 0.3 is 12.1 Å². The van der Waals surface area contributed by atoms with Crippen molar-refractivity contribution in [3.8, 4) is 0 Å². The van der Waals surface area contributed by atoms with Gasteiger partial charge in [-0.05, 0) is 66.4 Å². The van der Waals surface area contributed by atoms with E-state index in [-0.39, 0.29) is 37.4 Å². The van der Waals surface area contributed by atoms with Crippen molar-refractivity contribution < 1.29 is 28.7 Å². The van der Waals surface area contributed by atoms with Crippen molar-refractivity contribution in [1.82, 2.24) is 15.5 Å². The van der Waals surface area contributed by atoms with Crippen LogP contribution in [0.25, 0.3) is 0 Å². The SMILES string of the molecule is CCOC(=O)CCNC(=O)C(c1cc(C)cc(C)c1)N(C(=O)C(NC(=O)OC(C)(C)C)C(C)C)C(C)CC. The highest BCUT2D eigenvalue weighted by atomic mass is 16.6. The summed E-state index contributed by atoms with van der Waals surface area (Å²) in [6.45, 7) is 18.7. The first-order valence-corrected chi connectivity index (χ1v) is 13.4. The van der Waals surface area contributed by atoms with Crippen LogP contribution in [0.4, 0.5) is 4.79 Å². The number of nitrogens with zero attached hydrogens (tertiary/aromatic N) is 1. The highest BCUT2D eigenvalue weighted by Crippen LogP contribution is 2.28. The number of carbonyl (C=O) groups is 4. The summed E-state index contributed by atoms with van der Waals surface area (Å²) in [5.41, 5.74) is 1.83. The van der Waals surface area contributed by atoms with E-state index in [1.54, 1.807) is 32.6 Å². The molecule has 0 bridgehead atoms. The number of carbonyl (C=O) groups excluding carboxylic acids is 4. The molecular formula is C29H47N3O6. The summed E-state index contributed by atoms with van der Waals surface area (Å²) in [4.78, 5) is 53.9. The largest absolute Gasteiger partial charge is 0.466 e. The number of nitrogens with one attached hydrogen (secondary N) is 2. The summed E-state index contributed by atoms with van der Waals surface area (Å²) in [6.07, 6.45) is -0.0958. The van der Waals surface area contributed by atoms with Gasteiger partial charge < -0.3 is 25.0 Å². The Labute approximate surface area is 228 Å². The fraction of sp³-hybridized carbons (Fsp3) is 0.655. The molecule has 0 saturated carbocycles. The Balaban J connectivity index is 3.49. The van der Waals surface area contributed by atoms with E-state index < -0.39 is 35.7 Å². The maximum absolute atomic E-state index is 14.1. The van der Waals surface area contributed by atoms with Crippen LogP contribution in [-0.4, -0.2) is 59.6 Å². The number of hydrogen-bond acceptors (Lipinski definition) is 6. The molecule has 0 saturated heterocycles. The number of ether oxygens (including phenoxy) is 2. The van der Waals surface area contributed by atoms with E-state index in [1.165, 1.54) is 0 Å². The lowest BCUT2D eigenvalue weighted by molar-refractivity contribution is -0.146. The van der Waals surface area contributed by atoms with E-state index in [9.17, 15) is 19.2 Å². The molecule has 0 heterocycles.